The first-order valence-electron chi connectivity index (χ1n) is 6.49. The van der Waals surface area contributed by atoms with Crippen LogP contribution in [0, 0.1) is 0 Å². The van der Waals surface area contributed by atoms with Crippen LogP contribution in [-0.2, 0) is 0 Å². The Morgan fingerprint density at radius 1 is 1.10 bits per heavy atom. The third-order valence-electron chi connectivity index (χ3n) is 3.18. The largest absolute Gasteiger partial charge is 0.497 e. The molecule has 2 aromatic rings. The normalized spacial score (nSPS) is 12.0. The van der Waals surface area contributed by atoms with E-state index in [0.29, 0.717) is 10.0 Å². The first kappa shape index (κ1) is 15.0. The summed E-state index contributed by atoms with van der Waals surface area (Å²) in [4.78, 5) is 0. The Labute approximate surface area is 129 Å². The summed E-state index contributed by atoms with van der Waals surface area (Å²) < 4.78 is 5.18. The van der Waals surface area contributed by atoms with Crippen LogP contribution in [0.3, 0.4) is 0 Å². The summed E-state index contributed by atoms with van der Waals surface area (Å²) in [5.74, 6) is 0.851. The van der Waals surface area contributed by atoms with Gasteiger partial charge in [0, 0.05) is 5.02 Å². The minimum atomic E-state index is 0.178. The predicted molar refractivity (Wildman–Crippen MR) is 86.1 cm³/mol. The number of methoxy groups -OCH3 is 1. The molecule has 4 heteroatoms. The number of nitrogens with one attached hydrogen (secondary N) is 1. The van der Waals surface area contributed by atoms with E-state index in [1.807, 2.05) is 18.2 Å². The zero-order valence-corrected chi connectivity index (χ0v) is 13.0. The van der Waals surface area contributed by atoms with Gasteiger partial charge in [-0.05, 0) is 42.3 Å². The van der Waals surface area contributed by atoms with Crippen LogP contribution < -0.4 is 10.1 Å². The van der Waals surface area contributed by atoms with E-state index in [9.17, 15) is 0 Å². The molecule has 2 rings (SSSR count). The fraction of sp³-hybridized carbons (Fsp3) is 0.250. The van der Waals surface area contributed by atoms with Crippen molar-refractivity contribution < 1.29 is 4.74 Å². The van der Waals surface area contributed by atoms with Gasteiger partial charge >= 0.3 is 0 Å². The van der Waals surface area contributed by atoms with Gasteiger partial charge in [-0.2, -0.15) is 0 Å². The van der Waals surface area contributed by atoms with Crippen molar-refractivity contribution in [3.05, 3.63) is 58.1 Å². The molecule has 1 N–H and O–H groups in total. The second-order valence-electron chi connectivity index (χ2n) is 4.50. The van der Waals surface area contributed by atoms with E-state index in [2.05, 4.69) is 24.4 Å². The Morgan fingerprint density at radius 3 is 2.40 bits per heavy atom. The number of anilines is 1. The molecule has 106 valence electrons. The lowest BCUT2D eigenvalue weighted by Crippen LogP contribution is -2.10. The molecule has 0 amide bonds. The molecule has 0 fully saturated rings. The van der Waals surface area contributed by atoms with Gasteiger partial charge in [0.1, 0.15) is 5.75 Å². The van der Waals surface area contributed by atoms with Crippen molar-refractivity contribution in [2.75, 3.05) is 12.4 Å². The molecule has 0 spiro atoms. The molecule has 0 saturated carbocycles. The summed E-state index contributed by atoms with van der Waals surface area (Å²) in [6.07, 6.45) is 0.940. The maximum Gasteiger partial charge on any atom is 0.118 e. The Kier molecular flexibility index (Phi) is 5.16. The first-order chi connectivity index (χ1) is 9.63. The van der Waals surface area contributed by atoms with Crippen LogP contribution in [0.15, 0.2) is 42.5 Å². The average molecular weight is 310 g/mol. The van der Waals surface area contributed by atoms with E-state index in [-0.39, 0.29) is 6.04 Å². The van der Waals surface area contributed by atoms with Crippen LogP contribution in [0.1, 0.15) is 24.9 Å². The standard InChI is InChI=1S/C16H17Cl2NO/c1-3-15(11-4-7-13(20-2)8-5-11)19-16-10-12(17)6-9-14(16)18/h4-10,15,19H,3H2,1-2H3. The molecule has 1 unspecified atom stereocenters. The van der Waals surface area contributed by atoms with Crippen molar-refractivity contribution >= 4 is 28.9 Å². The zero-order chi connectivity index (χ0) is 14.5. The highest BCUT2D eigenvalue weighted by Crippen LogP contribution is 2.30. The quantitative estimate of drug-likeness (QED) is 0.780. The molecule has 0 aliphatic rings. The fourth-order valence-electron chi connectivity index (χ4n) is 2.05. The number of halogens is 2. The molecule has 0 radical (unpaired) electrons. The minimum Gasteiger partial charge on any atom is -0.497 e. The predicted octanol–water partition coefficient (Wildman–Crippen LogP) is 5.57. The van der Waals surface area contributed by atoms with Gasteiger partial charge in [-0.25, -0.2) is 0 Å². The highest BCUT2D eigenvalue weighted by molar-refractivity contribution is 6.35. The van der Waals surface area contributed by atoms with Crippen LogP contribution in [-0.4, -0.2) is 7.11 Å². The number of ether oxygens (including phenoxy) is 1. The van der Waals surface area contributed by atoms with Gasteiger partial charge in [-0.1, -0.05) is 42.3 Å². The number of hydrogen-bond donors (Lipinski definition) is 1. The molecule has 20 heavy (non-hydrogen) atoms. The molecule has 1 atom stereocenters. The van der Waals surface area contributed by atoms with Crippen molar-refractivity contribution in [1.82, 2.24) is 0 Å². The van der Waals surface area contributed by atoms with Crippen molar-refractivity contribution in [2.45, 2.75) is 19.4 Å². The van der Waals surface area contributed by atoms with Gasteiger partial charge in [0.2, 0.25) is 0 Å². The molecule has 0 heterocycles. The molecule has 2 aromatic carbocycles. The van der Waals surface area contributed by atoms with Crippen molar-refractivity contribution in [1.29, 1.82) is 0 Å². The van der Waals surface area contributed by atoms with Gasteiger partial charge < -0.3 is 10.1 Å². The van der Waals surface area contributed by atoms with Gasteiger partial charge in [0.05, 0.1) is 23.9 Å². The molecule has 0 aliphatic heterocycles. The Balaban J connectivity index is 2.21. The Bertz CT molecular complexity index is 569. The molecule has 2 nitrogen and oxygen atoms in total. The monoisotopic (exact) mass is 309 g/mol. The highest BCUT2D eigenvalue weighted by Gasteiger charge is 2.11. The molecule has 0 aromatic heterocycles. The molecular weight excluding hydrogens is 293 g/mol. The molecule has 0 bridgehead atoms. The minimum absolute atomic E-state index is 0.178. The molecule has 0 aliphatic carbocycles. The fourth-order valence-corrected chi connectivity index (χ4v) is 2.40. The number of rotatable bonds is 5. The second kappa shape index (κ2) is 6.87. The van der Waals surface area contributed by atoms with Crippen molar-refractivity contribution in [3.63, 3.8) is 0 Å². The lowest BCUT2D eigenvalue weighted by molar-refractivity contribution is 0.414. The van der Waals surface area contributed by atoms with E-state index in [1.165, 1.54) is 5.56 Å². The summed E-state index contributed by atoms with van der Waals surface area (Å²) in [6, 6.07) is 13.6. The number of hydrogen-bond acceptors (Lipinski definition) is 2. The average Bonchev–Trinajstić information content (AvgIpc) is 2.48. The Hall–Kier alpha value is -1.38. The van der Waals surface area contributed by atoms with Gasteiger partial charge in [0.25, 0.3) is 0 Å². The molecule has 0 saturated heterocycles. The Morgan fingerprint density at radius 2 is 1.80 bits per heavy atom. The van der Waals surface area contributed by atoms with E-state index >= 15 is 0 Å². The third-order valence-corrected chi connectivity index (χ3v) is 3.75. The lowest BCUT2D eigenvalue weighted by atomic mass is 10.0. The van der Waals surface area contributed by atoms with E-state index < -0.39 is 0 Å². The maximum atomic E-state index is 6.19. The molecular formula is C16H17Cl2NO. The van der Waals surface area contributed by atoms with Crippen LogP contribution in [0.4, 0.5) is 5.69 Å². The zero-order valence-electron chi connectivity index (χ0n) is 11.5. The van der Waals surface area contributed by atoms with E-state index in [4.69, 9.17) is 27.9 Å². The van der Waals surface area contributed by atoms with Crippen LogP contribution in [0.2, 0.25) is 10.0 Å². The summed E-state index contributed by atoms with van der Waals surface area (Å²) in [5.41, 5.74) is 2.03. The third kappa shape index (κ3) is 3.59. The topological polar surface area (TPSA) is 21.3 Å². The number of benzene rings is 2. The van der Waals surface area contributed by atoms with Crippen LogP contribution >= 0.6 is 23.2 Å². The lowest BCUT2D eigenvalue weighted by Gasteiger charge is -2.20. The smallest absolute Gasteiger partial charge is 0.118 e. The highest BCUT2D eigenvalue weighted by atomic mass is 35.5. The summed E-state index contributed by atoms with van der Waals surface area (Å²) in [7, 11) is 1.66. The van der Waals surface area contributed by atoms with E-state index in [0.717, 1.165) is 17.9 Å². The summed E-state index contributed by atoms with van der Waals surface area (Å²) >= 11 is 12.2. The first-order valence-corrected chi connectivity index (χ1v) is 7.25. The van der Waals surface area contributed by atoms with E-state index in [1.54, 1.807) is 19.2 Å². The van der Waals surface area contributed by atoms with Crippen LogP contribution in [0.5, 0.6) is 5.75 Å². The van der Waals surface area contributed by atoms with Crippen molar-refractivity contribution in [3.8, 4) is 5.75 Å². The second-order valence-corrected chi connectivity index (χ2v) is 5.35. The van der Waals surface area contributed by atoms with Crippen LogP contribution in [0.25, 0.3) is 0 Å². The van der Waals surface area contributed by atoms with Gasteiger partial charge in [0.15, 0.2) is 0 Å². The summed E-state index contributed by atoms with van der Waals surface area (Å²) in [6.45, 7) is 2.13. The maximum absolute atomic E-state index is 6.19. The summed E-state index contributed by atoms with van der Waals surface area (Å²) in [5, 5.41) is 4.77. The van der Waals surface area contributed by atoms with Gasteiger partial charge in [-0.15, -0.1) is 0 Å². The SMILES string of the molecule is CCC(Nc1cc(Cl)ccc1Cl)c1ccc(OC)cc1. The van der Waals surface area contributed by atoms with Gasteiger partial charge in [-0.3, -0.25) is 0 Å². The van der Waals surface area contributed by atoms with Crippen molar-refractivity contribution in [2.24, 2.45) is 0 Å².